The minimum Gasteiger partial charge on any atom is -0.346 e. The van der Waals surface area contributed by atoms with Gasteiger partial charge in [0.15, 0.2) is 0 Å². The van der Waals surface area contributed by atoms with Gasteiger partial charge in [-0.05, 0) is 55.5 Å². The van der Waals surface area contributed by atoms with E-state index in [-0.39, 0.29) is 17.8 Å². The van der Waals surface area contributed by atoms with Gasteiger partial charge in [-0.1, -0.05) is 12.1 Å². The Morgan fingerprint density at radius 1 is 1.22 bits per heavy atom. The maximum absolute atomic E-state index is 13.1. The molecule has 6 nitrogen and oxygen atoms in total. The normalized spacial score (nSPS) is 18.5. The smallest absolute Gasteiger partial charge is 0.223 e. The third-order valence-corrected chi connectivity index (χ3v) is 6.43. The van der Waals surface area contributed by atoms with Crippen LogP contribution >= 0.6 is 0 Å². The van der Waals surface area contributed by atoms with Gasteiger partial charge in [0.05, 0.1) is 23.6 Å². The molecule has 32 heavy (non-hydrogen) atoms. The zero-order chi connectivity index (χ0) is 22.1. The molecule has 0 bridgehead atoms. The van der Waals surface area contributed by atoms with Gasteiger partial charge in [0, 0.05) is 48.9 Å². The molecule has 2 atom stereocenters. The van der Waals surface area contributed by atoms with E-state index < -0.39 is 0 Å². The first-order valence-electron chi connectivity index (χ1n) is 11.0. The number of rotatable bonds is 6. The van der Waals surface area contributed by atoms with E-state index >= 15 is 0 Å². The number of H-pyrrole nitrogens is 1. The van der Waals surface area contributed by atoms with Gasteiger partial charge >= 0.3 is 0 Å². The number of hydrogen-bond donors (Lipinski definition) is 1. The number of nitrogens with zero attached hydrogens (tertiary/aromatic N) is 4. The highest BCUT2D eigenvalue weighted by Gasteiger charge is 2.32. The number of likely N-dealkylation sites (tertiary alicyclic amines) is 1. The summed E-state index contributed by atoms with van der Waals surface area (Å²) in [5, 5.41) is 7.97. The lowest BCUT2D eigenvalue weighted by molar-refractivity contribution is -0.131. The third kappa shape index (κ3) is 4.15. The number of halogens is 1. The molecule has 0 aliphatic carbocycles. The van der Waals surface area contributed by atoms with Crippen LogP contribution in [0.4, 0.5) is 4.39 Å². The summed E-state index contributed by atoms with van der Waals surface area (Å²) in [5.74, 6) is 0.332. The molecule has 0 radical (unpaired) electrons. The molecule has 7 heteroatoms. The van der Waals surface area contributed by atoms with Crippen molar-refractivity contribution in [2.75, 3.05) is 6.54 Å². The molecule has 0 saturated carbocycles. The number of hydrogen-bond acceptors (Lipinski definition) is 3. The van der Waals surface area contributed by atoms with E-state index in [9.17, 15) is 9.18 Å². The number of aryl methyl sites for hydroxylation is 1. The number of carbonyl (C=O) groups is 1. The predicted molar refractivity (Wildman–Crippen MR) is 121 cm³/mol. The number of pyridine rings is 1. The Morgan fingerprint density at radius 3 is 2.84 bits per heavy atom. The van der Waals surface area contributed by atoms with Crippen LogP contribution in [-0.4, -0.2) is 43.1 Å². The Morgan fingerprint density at radius 2 is 2.06 bits per heavy atom. The molecule has 4 aromatic rings. The predicted octanol–water partition coefficient (Wildman–Crippen LogP) is 4.44. The molecule has 4 heterocycles. The first-order valence-corrected chi connectivity index (χ1v) is 11.0. The van der Waals surface area contributed by atoms with Crippen molar-refractivity contribution in [3.05, 3.63) is 72.6 Å². The number of amides is 1. The highest BCUT2D eigenvalue weighted by molar-refractivity contribution is 5.83. The van der Waals surface area contributed by atoms with Gasteiger partial charge in [0.1, 0.15) is 5.82 Å². The summed E-state index contributed by atoms with van der Waals surface area (Å²) in [5.41, 5.74) is 3.96. The van der Waals surface area contributed by atoms with Crippen molar-refractivity contribution in [3.8, 4) is 11.3 Å². The van der Waals surface area contributed by atoms with E-state index in [4.69, 9.17) is 0 Å². The first-order chi connectivity index (χ1) is 15.6. The lowest BCUT2D eigenvalue weighted by atomic mass is 10.1. The van der Waals surface area contributed by atoms with E-state index in [0.717, 1.165) is 47.2 Å². The third-order valence-electron chi connectivity index (χ3n) is 6.43. The minimum absolute atomic E-state index is 0.174. The Bertz CT molecular complexity index is 1220. The quantitative estimate of drug-likeness (QED) is 0.491. The fourth-order valence-electron chi connectivity index (χ4n) is 4.74. The van der Waals surface area contributed by atoms with Crippen molar-refractivity contribution in [1.29, 1.82) is 0 Å². The molecule has 1 fully saturated rings. The molecular formula is C25H26FN5O. The summed E-state index contributed by atoms with van der Waals surface area (Å²) < 4.78 is 15.3. The van der Waals surface area contributed by atoms with Crippen molar-refractivity contribution in [2.45, 2.75) is 38.8 Å². The second-order valence-electron chi connectivity index (χ2n) is 8.71. The number of benzene rings is 1. The van der Waals surface area contributed by atoms with Crippen LogP contribution in [0.1, 0.15) is 25.3 Å². The molecule has 1 aliphatic heterocycles. The van der Waals surface area contributed by atoms with Crippen molar-refractivity contribution >= 4 is 16.8 Å². The number of fused-ring (bicyclic) bond motifs is 1. The van der Waals surface area contributed by atoms with Crippen LogP contribution in [0.25, 0.3) is 22.2 Å². The summed E-state index contributed by atoms with van der Waals surface area (Å²) in [7, 11) is 0. The Hall–Kier alpha value is -3.48. The monoisotopic (exact) mass is 431 g/mol. The lowest BCUT2D eigenvalue weighted by Gasteiger charge is -2.21. The maximum atomic E-state index is 13.1. The van der Waals surface area contributed by atoms with Gasteiger partial charge in [-0.3, -0.25) is 14.9 Å². The van der Waals surface area contributed by atoms with Gasteiger partial charge in [-0.25, -0.2) is 4.39 Å². The number of aromatic nitrogens is 4. The summed E-state index contributed by atoms with van der Waals surface area (Å²) in [6.45, 7) is 3.76. The number of aromatic amines is 1. The zero-order valence-electron chi connectivity index (χ0n) is 18.0. The van der Waals surface area contributed by atoms with E-state index in [1.807, 2.05) is 17.3 Å². The second-order valence-corrected chi connectivity index (χ2v) is 8.71. The van der Waals surface area contributed by atoms with Gasteiger partial charge in [0.25, 0.3) is 0 Å². The Kier molecular flexibility index (Phi) is 5.47. The van der Waals surface area contributed by atoms with Crippen LogP contribution in [0.3, 0.4) is 0 Å². The van der Waals surface area contributed by atoms with Crippen molar-refractivity contribution in [3.63, 3.8) is 0 Å². The van der Waals surface area contributed by atoms with Gasteiger partial charge in [-0.15, -0.1) is 0 Å². The van der Waals surface area contributed by atoms with Gasteiger partial charge in [0.2, 0.25) is 5.91 Å². The van der Waals surface area contributed by atoms with Crippen LogP contribution in [0, 0.1) is 11.7 Å². The topological polar surface area (TPSA) is 66.8 Å². The Labute approximate surface area is 186 Å². The zero-order valence-corrected chi connectivity index (χ0v) is 18.0. The van der Waals surface area contributed by atoms with E-state index in [1.54, 1.807) is 18.3 Å². The lowest BCUT2D eigenvalue weighted by Crippen LogP contribution is -2.34. The molecule has 3 aromatic heterocycles. The minimum atomic E-state index is -0.249. The van der Waals surface area contributed by atoms with Crippen molar-refractivity contribution in [2.24, 2.45) is 5.92 Å². The highest BCUT2D eigenvalue weighted by atomic mass is 19.1. The molecule has 1 aliphatic rings. The van der Waals surface area contributed by atoms with E-state index in [1.165, 1.54) is 12.1 Å². The highest BCUT2D eigenvalue weighted by Crippen LogP contribution is 2.28. The van der Waals surface area contributed by atoms with Crippen LogP contribution in [0.2, 0.25) is 0 Å². The molecule has 1 N–H and O–H groups in total. The number of carbonyl (C=O) groups excluding carboxylic acids is 1. The van der Waals surface area contributed by atoms with Crippen LogP contribution < -0.4 is 0 Å². The summed E-state index contributed by atoms with van der Waals surface area (Å²) >= 11 is 0. The molecule has 1 saturated heterocycles. The standard InChI is InChI=1S/C25H26FN5O/c1-17-10-19(16-31(17)25(32)7-4-18-2-5-22(26)6-3-18)15-30-9-8-20-11-23(27-14-24(20)30)21-12-28-29-13-21/h2-3,5-6,8-9,11-14,17,19H,4,7,10,15-16H2,1H3,(H,28,29)/t17-,19?/m1/s1. The van der Waals surface area contributed by atoms with Crippen molar-refractivity contribution in [1.82, 2.24) is 24.6 Å². The van der Waals surface area contributed by atoms with Crippen LogP contribution in [0.15, 0.2) is 61.2 Å². The largest absolute Gasteiger partial charge is 0.346 e. The molecule has 0 spiro atoms. The summed E-state index contributed by atoms with van der Waals surface area (Å²) in [6, 6.07) is 10.8. The average molecular weight is 432 g/mol. The molecule has 1 aromatic carbocycles. The van der Waals surface area contributed by atoms with Gasteiger partial charge in [-0.2, -0.15) is 5.10 Å². The van der Waals surface area contributed by atoms with E-state index in [0.29, 0.717) is 18.8 Å². The van der Waals surface area contributed by atoms with E-state index in [2.05, 4.69) is 45.0 Å². The SMILES string of the molecule is C[C@@H]1CC(Cn2ccc3cc(-c4cn[nH]c4)ncc32)CN1C(=O)CCc1ccc(F)cc1. The van der Waals surface area contributed by atoms with Crippen LogP contribution in [0.5, 0.6) is 0 Å². The maximum Gasteiger partial charge on any atom is 0.223 e. The fourth-order valence-corrected chi connectivity index (χ4v) is 4.74. The molecule has 1 unspecified atom stereocenters. The summed E-state index contributed by atoms with van der Waals surface area (Å²) in [4.78, 5) is 19.4. The van der Waals surface area contributed by atoms with Crippen molar-refractivity contribution < 1.29 is 9.18 Å². The Balaban J connectivity index is 1.22. The molecule has 164 valence electrons. The average Bonchev–Trinajstić information content (AvgIpc) is 3.54. The summed E-state index contributed by atoms with van der Waals surface area (Å²) in [6.07, 6.45) is 9.72. The second kappa shape index (κ2) is 8.57. The fraction of sp³-hybridized carbons (Fsp3) is 0.320. The molecule has 5 rings (SSSR count). The molecule has 1 amide bonds. The molecular weight excluding hydrogens is 405 g/mol. The number of nitrogens with one attached hydrogen (secondary N) is 1. The first kappa shape index (κ1) is 20.4. The van der Waals surface area contributed by atoms with Crippen LogP contribution in [-0.2, 0) is 17.8 Å². The van der Waals surface area contributed by atoms with Gasteiger partial charge < -0.3 is 9.47 Å².